The van der Waals surface area contributed by atoms with Gasteiger partial charge in [0.15, 0.2) is 6.29 Å². The Morgan fingerprint density at radius 1 is 0.657 bits per heavy atom. The van der Waals surface area contributed by atoms with Crippen LogP contribution in [0.4, 0.5) is 0 Å². The van der Waals surface area contributed by atoms with E-state index in [9.17, 15) is 4.79 Å². The van der Waals surface area contributed by atoms with Crippen molar-refractivity contribution in [1.82, 2.24) is 0 Å². The van der Waals surface area contributed by atoms with Gasteiger partial charge in [0.1, 0.15) is 0 Å². The lowest BCUT2D eigenvalue weighted by Gasteiger charge is -2.07. The number of esters is 1. The molecule has 0 fully saturated rings. The Hall–Kier alpha value is -0.730. The van der Waals surface area contributed by atoms with Crippen LogP contribution in [-0.4, -0.2) is 63.2 Å². The molecule has 0 aliphatic heterocycles. The lowest BCUT2D eigenvalue weighted by atomic mass is 10.0. The van der Waals surface area contributed by atoms with E-state index < -0.39 is 12.4 Å². The largest absolute Gasteiger partial charge is 0.463 e. The third-order valence-electron chi connectivity index (χ3n) is 4.66. The molecule has 7 nitrogen and oxygen atoms in total. The van der Waals surface area contributed by atoms with Crippen molar-refractivity contribution in [3.05, 3.63) is 0 Å². The van der Waals surface area contributed by atoms with Gasteiger partial charge in [-0.3, -0.25) is 4.79 Å². The minimum Gasteiger partial charge on any atom is -0.463 e. The van der Waals surface area contributed by atoms with Crippen LogP contribution in [0.15, 0.2) is 0 Å². The SMILES string of the molecule is CC(O)CO.CCCC(O)O.CCCCCCCCCCCCCCCC(=O)OC(C)C.CCO. The molecule has 0 saturated carbocycles. The minimum absolute atomic E-state index is 0.0273. The molecule has 0 spiro atoms. The minimum atomic E-state index is -1.10. The second kappa shape index (κ2) is 37.8. The second-order valence-corrected chi connectivity index (χ2v) is 9.15. The number of aliphatic hydroxyl groups is 5. The topological polar surface area (TPSA) is 127 Å². The van der Waals surface area contributed by atoms with Crippen LogP contribution in [0.25, 0.3) is 0 Å². The summed E-state index contributed by atoms with van der Waals surface area (Å²) >= 11 is 0. The van der Waals surface area contributed by atoms with Gasteiger partial charge in [-0.15, -0.1) is 0 Å². The molecule has 5 N–H and O–H groups in total. The average Bonchev–Trinajstić information content (AvgIpc) is 2.77. The molecule has 35 heavy (non-hydrogen) atoms. The van der Waals surface area contributed by atoms with E-state index in [0.717, 1.165) is 12.8 Å². The quantitative estimate of drug-likeness (QED) is 0.0885. The van der Waals surface area contributed by atoms with E-state index in [-0.39, 0.29) is 25.3 Å². The predicted octanol–water partition coefficient (Wildman–Crippen LogP) is 5.87. The number of rotatable bonds is 18. The number of carbonyl (C=O) groups excluding carboxylic acids is 1. The number of hydrogen-bond donors (Lipinski definition) is 5. The molecule has 0 aromatic carbocycles. The highest BCUT2D eigenvalue weighted by Gasteiger charge is 2.04. The fourth-order valence-electron chi connectivity index (χ4n) is 2.87. The normalized spacial score (nSPS) is 11.0. The Labute approximate surface area is 217 Å². The van der Waals surface area contributed by atoms with Gasteiger partial charge >= 0.3 is 5.97 Å². The molecule has 0 bridgehead atoms. The third kappa shape index (κ3) is 60.1. The molecule has 0 saturated heterocycles. The first kappa shape index (κ1) is 41.4. The zero-order valence-corrected chi connectivity index (χ0v) is 24.0. The van der Waals surface area contributed by atoms with Crippen LogP contribution in [-0.2, 0) is 9.53 Å². The van der Waals surface area contributed by atoms with E-state index in [4.69, 9.17) is 30.3 Å². The molecular formula is C28H62O7. The first-order valence-corrected chi connectivity index (χ1v) is 14.1. The summed E-state index contributed by atoms with van der Waals surface area (Å²) in [4.78, 5) is 11.3. The standard InChI is InChI=1S/C19H38O2.C4H10O2.C3H8O2.C2H6O/c1-4-5-6-7-8-9-10-11-12-13-14-15-16-17-19(20)21-18(2)3;1-2-3-4(5)6;1-3(5)2-4;1-2-3/h18H,4-17H2,1-3H3;4-6H,2-3H2,1H3;3-5H,2H2,1H3;3H,2H2,1H3. The molecule has 0 rings (SSSR count). The maximum Gasteiger partial charge on any atom is 0.306 e. The van der Waals surface area contributed by atoms with Crippen LogP contribution in [0.1, 0.15) is 144 Å². The van der Waals surface area contributed by atoms with Crippen molar-refractivity contribution in [1.29, 1.82) is 0 Å². The lowest BCUT2D eigenvalue weighted by molar-refractivity contribution is -0.147. The summed E-state index contributed by atoms with van der Waals surface area (Å²) in [6.45, 7) is 11.3. The zero-order valence-electron chi connectivity index (χ0n) is 24.0. The fourth-order valence-corrected chi connectivity index (χ4v) is 2.87. The fraction of sp³-hybridized carbons (Fsp3) is 0.964. The maximum atomic E-state index is 11.3. The highest BCUT2D eigenvalue weighted by molar-refractivity contribution is 5.69. The molecule has 0 aromatic heterocycles. The zero-order chi connectivity index (χ0) is 27.7. The van der Waals surface area contributed by atoms with Crippen molar-refractivity contribution in [2.75, 3.05) is 13.2 Å². The van der Waals surface area contributed by atoms with Crippen molar-refractivity contribution in [2.45, 2.75) is 163 Å². The van der Waals surface area contributed by atoms with Crippen LogP contribution >= 0.6 is 0 Å². The average molecular weight is 511 g/mol. The third-order valence-corrected chi connectivity index (χ3v) is 4.66. The maximum absolute atomic E-state index is 11.3. The smallest absolute Gasteiger partial charge is 0.306 e. The van der Waals surface area contributed by atoms with Gasteiger partial charge in [0.05, 0.1) is 18.8 Å². The highest BCUT2D eigenvalue weighted by atomic mass is 16.5. The number of ether oxygens (including phenoxy) is 1. The predicted molar refractivity (Wildman–Crippen MR) is 146 cm³/mol. The van der Waals surface area contributed by atoms with E-state index in [1.807, 2.05) is 20.8 Å². The molecule has 0 amide bonds. The van der Waals surface area contributed by atoms with Crippen molar-refractivity contribution >= 4 is 5.97 Å². The van der Waals surface area contributed by atoms with Crippen molar-refractivity contribution < 1.29 is 35.1 Å². The molecule has 0 aromatic rings. The molecule has 1 atom stereocenters. The summed E-state index contributed by atoms with van der Waals surface area (Å²) in [6.07, 6.45) is 17.7. The van der Waals surface area contributed by atoms with E-state index in [1.165, 1.54) is 84.0 Å². The highest BCUT2D eigenvalue weighted by Crippen LogP contribution is 2.13. The Balaban J connectivity index is -0.000000279. The monoisotopic (exact) mass is 510 g/mol. The molecule has 7 heteroatoms. The van der Waals surface area contributed by atoms with Gasteiger partial charge in [0, 0.05) is 13.0 Å². The molecule has 0 aliphatic carbocycles. The number of carbonyl (C=O) groups is 1. The number of hydrogen-bond acceptors (Lipinski definition) is 7. The molecule has 0 radical (unpaired) electrons. The number of unbranched alkanes of at least 4 members (excludes halogenated alkanes) is 12. The van der Waals surface area contributed by atoms with Crippen LogP contribution in [0.5, 0.6) is 0 Å². The molecule has 1 unspecified atom stereocenters. The van der Waals surface area contributed by atoms with Gasteiger partial charge in [0.25, 0.3) is 0 Å². The van der Waals surface area contributed by atoms with Gasteiger partial charge in [-0.25, -0.2) is 0 Å². The summed E-state index contributed by atoms with van der Waals surface area (Å²) in [7, 11) is 0. The van der Waals surface area contributed by atoms with E-state index in [1.54, 1.807) is 6.92 Å². The Morgan fingerprint density at radius 3 is 1.23 bits per heavy atom. The first-order valence-electron chi connectivity index (χ1n) is 14.1. The molecule has 0 aliphatic rings. The molecule has 0 heterocycles. The van der Waals surface area contributed by atoms with Gasteiger partial charge in [-0.2, -0.15) is 0 Å². The summed E-state index contributed by atoms with van der Waals surface area (Å²) in [5.74, 6) is -0.0342. The Morgan fingerprint density at radius 2 is 1.00 bits per heavy atom. The van der Waals surface area contributed by atoms with Crippen molar-refractivity contribution in [3.63, 3.8) is 0 Å². The van der Waals surface area contributed by atoms with Crippen molar-refractivity contribution in [2.24, 2.45) is 0 Å². The lowest BCUT2D eigenvalue weighted by Crippen LogP contribution is -2.10. The summed E-state index contributed by atoms with van der Waals surface area (Å²) in [6, 6.07) is 0. The van der Waals surface area contributed by atoms with Gasteiger partial charge in [-0.05, 0) is 40.5 Å². The van der Waals surface area contributed by atoms with Crippen LogP contribution < -0.4 is 0 Å². The van der Waals surface area contributed by atoms with Gasteiger partial charge in [0.2, 0.25) is 0 Å². The van der Waals surface area contributed by atoms with Crippen LogP contribution in [0.3, 0.4) is 0 Å². The van der Waals surface area contributed by atoms with Crippen molar-refractivity contribution in [3.8, 4) is 0 Å². The number of aliphatic hydroxyl groups excluding tert-OH is 4. The van der Waals surface area contributed by atoms with E-state index in [2.05, 4.69) is 6.92 Å². The molecule has 216 valence electrons. The summed E-state index contributed by atoms with van der Waals surface area (Å²) in [5.41, 5.74) is 0. The summed E-state index contributed by atoms with van der Waals surface area (Å²) in [5, 5.41) is 39.8. The van der Waals surface area contributed by atoms with Gasteiger partial charge in [-0.1, -0.05) is 97.3 Å². The Kier molecular flexibility index (Phi) is 44.7. The van der Waals surface area contributed by atoms with Crippen LogP contribution in [0, 0.1) is 0 Å². The first-order chi connectivity index (χ1) is 16.6. The van der Waals surface area contributed by atoms with E-state index in [0.29, 0.717) is 12.8 Å². The summed E-state index contributed by atoms with van der Waals surface area (Å²) < 4.78 is 5.12. The van der Waals surface area contributed by atoms with Crippen LogP contribution in [0.2, 0.25) is 0 Å². The molecular weight excluding hydrogens is 448 g/mol. The second-order valence-electron chi connectivity index (χ2n) is 9.15. The Bertz CT molecular complexity index is 361. The van der Waals surface area contributed by atoms with Gasteiger partial charge < -0.3 is 30.3 Å². The van der Waals surface area contributed by atoms with E-state index >= 15 is 0 Å².